The van der Waals surface area contributed by atoms with Crippen molar-refractivity contribution in [2.75, 3.05) is 19.7 Å². The highest BCUT2D eigenvalue weighted by molar-refractivity contribution is 5.76. The van der Waals surface area contributed by atoms with Crippen molar-refractivity contribution in [3.05, 3.63) is 65.7 Å². The fraction of sp³-hybridized carbons (Fsp3) is 0.368. The third kappa shape index (κ3) is 4.61. The zero-order valence-electron chi connectivity index (χ0n) is 13.5. The van der Waals surface area contributed by atoms with E-state index in [0.717, 1.165) is 11.1 Å². The maximum atomic E-state index is 13.0. The minimum atomic E-state index is -0.240. The number of amides is 1. The van der Waals surface area contributed by atoms with Crippen LogP contribution in [0.15, 0.2) is 48.8 Å². The Hall–Kier alpha value is -2.27. The number of pyridine rings is 1. The molecule has 1 aliphatic heterocycles. The number of hydrogen-bond donors (Lipinski definition) is 0. The minimum Gasteiger partial charge on any atom is -0.374 e. The second-order valence-corrected chi connectivity index (χ2v) is 6.02. The summed E-state index contributed by atoms with van der Waals surface area (Å²) in [4.78, 5) is 18.4. The van der Waals surface area contributed by atoms with E-state index in [2.05, 4.69) is 4.98 Å². The van der Waals surface area contributed by atoms with E-state index in [1.807, 2.05) is 17.0 Å². The first-order chi connectivity index (χ1) is 11.7. The smallest absolute Gasteiger partial charge is 0.223 e. The third-order valence-electron chi connectivity index (χ3n) is 4.22. The number of hydrogen-bond acceptors (Lipinski definition) is 3. The lowest BCUT2D eigenvalue weighted by atomic mass is 10.1. The Morgan fingerprint density at radius 1 is 1.25 bits per heavy atom. The standard InChI is InChI=1S/C19H21FN2O2/c20-17-6-3-15(4-7-17)12-18-14-22(10-11-24-18)19(23)8-5-16-2-1-9-21-13-16/h1-4,6-7,9,13,18H,5,8,10-12,14H2. The Balaban J connectivity index is 1.51. The van der Waals surface area contributed by atoms with Crippen LogP contribution in [0.5, 0.6) is 0 Å². The fourth-order valence-corrected chi connectivity index (χ4v) is 2.91. The molecule has 0 N–H and O–H groups in total. The average molecular weight is 328 g/mol. The van der Waals surface area contributed by atoms with Crippen LogP contribution >= 0.6 is 0 Å². The second kappa shape index (κ2) is 8.02. The molecule has 126 valence electrons. The van der Waals surface area contributed by atoms with Gasteiger partial charge in [-0.05, 0) is 35.7 Å². The zero-order chi connectivity index (χ0) is 16.8. The topological polar surface area (TPSA) is 42.4 Å². The van der Waals surface area contributed by atoms with E-state index in [1.54, 1.807) is 24.5 Å². The first-order valence-electron chi connectivity index (χ1n) is 8.23. The summed E-state index contributed by atoms with van der Waals surface area (Å²) >= 11 is 0. The maximum Gasteiger partial charge on any atom is 0.223 e. The van der Waals surface area contributed by atoms with Crippen molar-refractivity contribution in [3.63, 3.8) is 0 Å². The van der Waals surface area contributed by atoms with Gasteiger partial charge in [-0.25, -0.2) is 4.39 Å². The van der Waals surface area contributed by atoms with Crippen LogP contribution in [0, 0.1) is 5.82 Å². The molecule has 2 aromatic rings. The van der Waals surface area contributed by atoms with E-state index >= 15 is 0 Å². The Kier molecular flexibility index (Phi) is 5.54. The number of carbonyl (C=O) groups is 1. The molecule has 1 aromatic carbocycles. The van der Waals surface area contributed by atoms with Crippen LogP contribution in [0.1, 0.15) is 17.5 Å². The molecule has 5 heteroatoms. The largest absolute Gasteiger partial charge is 0.374 e. The molecular formula is C19H21FN2O2. The van der Waals surface area contributed by atoms with Crippen LogP contribution in [0.4, 0.5) is 4.39 Å². The molecule has 1 aromatic heterocycles. The van der Waals surface area contributed by atoms with Crippen LogP contribution in [0.2, 0.25) is 0 Å². The van der Waals surface area contributed by atoms with Crippen LogP contribution in [-0.4, -0.2) is 41.6 Å². The summed E-state index contributed by atoms with van der Waals surface area (Å²) in [5.41, 5.74) is 2.09. The van der Waals surface area contributed by atoms with Gasteiger partial charge in [0.25, 0.3) is 0 Å². The van der Waals surface area contributed by atoms with Gasteiger partial charge in [0.2, 0.25) is 5.91 Å². The lowest BCUT2D eigenvalue weighted by molar-refractivity contribution is -0.138. The van der Waals surface area contributed by atoms with Crippen LogP contribution in [-0.2, 0) is 22.4 Å². The molecular weight excluding hydrogens is 307 g/mol. The van der Waals surface area contributed by atoms with Gasteiger partial charge in [0.15, 0.2) is 0 Å². The molecule has 1 amide bonds. The molecule has 4 nitrogen and oxygen atoms in total. The summed E-state index contributed by atoms with van der Waals surface area (Å²) in [5, 5.41) is 0. The Morgan fingerprint density at radius 3 is 2.83 bits per heavy atom. The van der Waals surface area contributed by atoms with Crippen molar-refractivity contribution in [1.82, 2.24) is 9.88 Å². The molecule has 1 atom stereocenters. The summed E-state index contributed by atoms with van der Waals surface area (Å²) in [5.74, 6) is -0.0956. The van der Waals surface area contributed by atoms with Gasteiger partial charge in [-0.15, -0.1) is 0 Å². The van der Waals surface area contributed by atoms with Crippen molar-refractivity contribution in [3.8, 4) is 0 Å². The molecule has 0 saturated carbocycles. The summed E-state index contributed by atoms with van der Waals surface area (Å²) in [6.07, 6.45) is 5.36. The fourth-order valence-electron chi connectivity index (χ4n) is 2.91. The molecule has 1 saturated heterocycles. The summed E-state index contributed by atoms with van der Waals surface area (Å²) in [6.45, 7) is 1.76. The molecule has 0 bridgehead atoms. The van der Waals surface area contributed by atoms with Crippen LogP contribution in [0.3, 0.4) is 0 Å². The predicted molar refractivity (Wildman–Crippen MR) is 89.0 cm³/mol. The summed E-state index contributed by atoms with van der Waals surface area (Å²) in [7, 11) is 0. The highest BCUT2D eigenvalue weighted by Crippen LogP contribution is 2.14. The molecule has 0 spiro atoms. The Labute approximate surface area is 141 Å². The van der Waals surface area contributed by atoms with Gasteiger partial charge in [-0.3, -0.25) is 9.78 Å². The second-order valence-electron chi connectivity index (χ2n) is 6.02. The molecule has 1 fully saturated rings. The van der Waals surface area contributed by atoms with E-state index in [-0.39, 0.29) is 17.8 Å². The van der Waals surface area contributed by atoms with Gasteiger partial charge in [0.1, 0.15) is 5.82 Å². The molecule has 2 heterocycles. The van der Waals surface area contributed by atoms with E-state index in [9.17, 15) is 9.18 Å². The number of morpholine rings is 1. The van der Waals surface area contributed by atoms with Gasteiger partial charge in [-0.2, -0.15) is 0 Å². The molecule has 3 rings (SSSR count). The highest BCUT2D eigenvalue weighted by atomic mass is 19.1. The molecule has 1 unspecified atom stereocenters. The van der Waals surface area contributed by atoms with Crippen LogP contribution in [0.25, 0.3) is 0 Å². The normalized spacial score (nSPS) is 17.7. The van der Waals surface area contributed by atoms with E-state index < -0.39 is 0 Å². The van der Waals surface area contributed by atoms with E-state index in [4.69, 9.17) is 4.74 Å². The number of aryl methyl sites for hydroxylation is 1. The van der Waals surface area contributed by atoms with Crippen LogP contribution < -0.4 is 0 Å². The number of ether oxygens (including phenoxy) is 1. The van der Waals surface area contributed by atoms with Crippen molar-refractivity contribution in [1.29, 1.82) is 0 Å². The summed E-state index contributed by atoms with van der Waals surface area (Å²) < 4.78 is 18.7. The van der Waals surface area contributed by atoms with Gasteiger partial charge in [-0.1, -0.05) is 18.2 Å². The molecule has 24 heavy (non-hydrogen) atoms. The van der Waals surface area contributed by atoms with Gasteiger partial charge >= 0.3 is 0 Å². The quantitative estimate of drug-likeness (QED) is 0.847. The molecule has 0 aliphatic carbocycles. The number of carbonyl (C=O) groups excluding carboxylic acids is 1. The first kappa shape index (κ1) is 16.6. The first-order valence-corrected chi connectivity index (χ1v) is 8.23. The van der Waals surface area contributed by atoms with Gasteiger partial charge < -0.3 is 9.64 Å². The van der Waals surface area contributed by atoms with Gasteiger partial charge in [0, 0.05) is 38.3 Å². The SMILES string of the molecule is O=C(CCc1cccnc1)N1CCOC(Cc2ccc(F)cc2)C1. The lowest BCUT2D eigenvalue weighted by Crippen LogP contribution is -2.46. The maximum absolute atomic E-state index is 13.0. The van der Waals surface area contributed by atoms with Crippen molar-refractivity contribution in [2.45, 2.75) is 25.4 Å². The van der Waals surface area contributed by atoms with Crippen molar-refractivity contribution in [2.24, 2.45) is 0 Å². The lowest BCUT2D eigenvalue weighted by Gasteiger charge is -2.33. The average Bonchev–Trinajstić information content (AvgIpc) is 2.63. The Morgan fingerprint density at radius 2 is 2.08 bits per heavy atom. The number of halogens is 1. The summed E-state index contributed by atoms with van der Waals surface area (Å²) in [6, 6.07) is 10.3. The van der Waals surface area contributed by atoms with E-state index in [1.165, 1.54) is 12.1 Å². The minimum absolute atomic E-state index is 0.0356. The number of rotatable bonds is 5. The zero-order valence-corrected chi connectivity index (χ0v) is 13.5. The van der Waals surface area contributed by atoms with Crippen molar-refractivity contribution < 1.29 is 13.9 Å². The molecule has 1 aliphatic rings. The predicted octanol–water partition coefficient (Wildman–Crippen LogP) is 2.62. The Bertz CT molecular complexity index is 661. The van der Waals surface area contributed by atoms with Gasteiger partial charge in [0.05, 0.1) is 12.7 Å². The third-order valence-corrected chi connectivity index (χ3v) is 4.22. The number of aromatic nitrogens is 1. The number of nitrogens with zero attached hydrogens (tertiary/aromatic N) is 2. The number of benzene rings is 1. The van der Waals surface area contributed by atoms with E-state index in [0.29, 0.717) is 39.0 Å². The van der Waals surface area contributed by atoms with Crippen molar-refractivity contribution >= 4 is 5.91 Å². The monoisotopic (exact) mass is 328 g/mol. The highest BCUT2D eigenvalue weighted by Gasteiger charge is 2.24. The molecule has 0 radical (unpaired) electrons.